The number of nitrogens with zero attached hydrogens (tertiary/aromatic N) is 4. The number of oxime groups is 1. The van der Waals surface area contributed by atoms with Gasteiger partial charge in [0.1, 0.15) is 11.4 Å². The summed E-state index contributed by atoms with van der Waals surface area (Å²) < 4.78 is 0. The van der Waals surface area contributed by atoms with Crippen molar-refractivity contribution in [2.24, 2.45) is 11.1 Å². The van der Waals surface area contributed by atoms with Gasteiger partial charge in [-0.25, -0.2) is 0 Å². The smallest absolute Gasteiger partial charge is 0.117 e. The third-order valence-electron chi connectivity index (χ3n) is 7.51. The first-order valence-corrected chi connectivity index (χ1v) is 12.0. The molecule has 6 nitrogen and oxygen atoms in total. The summed E-state index contributed by atoms with van der Waals surface area (Å²) in [6.07, 6.45) is 8.54. The molecule has 0 spiro atoms. The van der Waals surface area contributed by atoms with E-state index in [0.717, 1.165) is 36.2 Å². The minimum atomic E-state index is -0.320. The van der Waals surface area contributed by atoms with E-state index in [-0.39, 0.29) is 5.41 Å². The van der Waals surface area contributed by atoms with Gasteiger partial charge in [-0.2, -0.15) is 5.10 Å². The third kappa shape index (κ3) is 3.67. The van der Waals surface area contributed by atoms with Crippen molar-refractivity contribution in [1.29, 1.82) is 0 Å². The Labute approximate surface area is 201 Å². The Bertz CT molecular complexity index is 1160. The summed E-state index contributed by atoms with van der Waals surface area (Å²) in [4.78, 5) is 4.24. The first-order valence-electron chi connectivity index (χ1n) is 12.0. The lowest BCUT2D eigenvalue weighted by atomic mass is 9.68. The van der Waals surface area contributed by atoms with Gasteiger partial charge in [0.2, 0.25) is 0 Å². The van der Waals surface area contributed by atoms with E-state index in [1.165, 1.54) is 28.9 Å². The fourth-order valence-electron chi connectivity index (χ4n) is 5.14. The fourth-order valence-corrected chi connectivity index (χ4v) is 5.14. The maximum absolute atomic E-state index is 9.74. The van der Waals surface area contributed by atoms with Gasteiger partial charge >= 0.3 is 0 Å². The number of aromatic nitrogens is 2. The van der Waals surface area contributed by atoms with Crippen LogP contribution in [0.3, 0.4) is 0 Å². The summed E-state index contributed by atoms with van der Waals surface area (Å²) >= 11 is 0. The van der Waals surface area contributed by atoms with Gasteiger partial charge in [-0.1, -0.05) is 48.0 Å². The van der Waals surface area contributed by atoms with Crippen molar-refractivity contribution in [3.05, 3.63) is 82.7 Å². The van der Waals surface area contributed by atoms with Crippen LogP contribution in [0.1, 0.15) is 47.3 Å². The lowest BCUT2D eigenvalue weighted by Crippen LogP contribution is -2.31. The molecule has 2 N–H and O–H groups in total. The molecule has 34 heavy (non-hydrogen) atoms. The maximum Gasteiger partial charge on any atom is 0.117 e. The second-order valence-corrected chi connectivity index (χ2v) is 9.94. The quantitative estimate of drug-likeness (QED) is 0.309. The highest BCUT2D eigenvalue weighted by Gasteiger charge is 2.38. The van der Waals surface area contributed by atoms with Crippen LogP contribution in [-0.4, -0.2) is 49.3 Å². The van der Waals surface area contributed by atoms with Crippen molar-refractivity contribution in [3.63, 3.8) is 0 Å². The van der Waals surface area contributed by atoms with Crippen LogP contribution < -0.4 is 9.80 Å². The number of H-pyrrole nitrogens is 1. The van der Waals surface area contributed by atoms with Crippen molar-refractivity contribution in [2.45, 2.75) is 31.1 Å². The number of aromatic amines is 1. The Kier molecular flexibility index (Phi) is 5.68. The van der Waals surface area contributed by atoms with Crippen LogP contribution in [-0.2, 0) is 11.8 Å². The van der Waals surface area contributed by atoms with Gasteiger partial charge in [0, 0.05) is 68.6 Å². The van der Waals surface area contributed by atoms with Crippen molar-refractivity contribution in [1.82, 2.24) is 10.2 Å². The van der Waals surface area contributed by atoms with Crippen LogP contribution in [0.15, 0.2) is 59.8 Å². The predicted molar refractivity (Wildman–Crippen MR) is 139 cm³/mol. The number of hydrogen-bond donors (Lipinski definition) is 2. The molecule has 0 bridgehead atoms. The normalized spacial score (nSPS) is 17.2. The molecule has 1 aromatic heterocycles. The number of rotatable bonds is 6. The predicted octanol–water partition coefficient (Wildman–Crippen LogP) is 5.08. The second kappa shape index (κ2) is 8.67. The highest BCUT2D eigenvalue weighted by molar-refractivity contribution is 6.04. The Morgan fingerprint density at radius 1 is 0.941 bits per heavy atom. The molecule has 0 unspecified atom stereocenters. The highest BCUT2D eigenvalue weighted by atomic mass is 16.4. The van der Waals surface area contributed by atoms with E-state index in [0.29, 0.717) is 11.6 Å². The summed E-state index contributed by atoms with van der Waals surface area (Å²) in [6.45, 7) is 0. The molecule has 0 aliphatic heterocycles. The summed E-state index contributed by atoms with van der Waals surface area (Å²) in [5, 5.41) is 21.3. The minimum absolute atomic E-state index is 0.301. The molecule has 3 aromatic rings. The van der Waals surface area contributed by atoms with Crippen LogP contribution in [0.25, 0.3) is 6.08 Å². The van der Waals surface area contributed by atoms with Gasteiger partial charge in [-0.05, 0) is 48.2 Å². The van der Waals surface area contributed by atoms with Crippen LogP contribution in [0.5, 0.6) is 0 Å². The molecule has 1 heterocycles. The number of allylic oxidation sites excluding steroid dienone is 1. The summed E-state index contributed by atoms with van der Waals surface area (Å²) in [7, 11) is 8.25. The van der Waals surface area contributed by atoms with E-state index < -0.39 is 0 Å². The molecule has 5 rings (SSSR count). The Morgan fingerprint density at radius 3 is 1.94 bits per heavy atom. The molecule has 0 amide bonds. The zero-order valence-electron chi connectivity index (χ0n) is 20.4. The maximum atomic E-state index is 9.74. The van der Waals surface area contributed by atoms with E-state index in [1.807, 2.05) is 0 Å². The minimum Gasteiger partial charge on any atom is -0.411 e. The molecular weight excluding hydrogens is 422 g/mol. The average molecular weight is 456 g/mol. The standard InChI is InChI=1S/C28H33N5O/c1-32(2)22-12-8-20(9-13-22)28(21-10-14-23(15-11-21)33(3)4)17-16-24-25(18-28)29-30-27(24)26(31-34)19-6-5-7-19/h8-17,19,34H,5-7,18H2,1-4H3,(H,29,30). The van der Waals surface area contributed by atoms with Crippen LogP contribution in [0.2, 0.25) is 0 Å². The van der Waals surface area contributed by atoms with Crippen molar-refractivity contribution in [2.75, 3.05) is 38.0 Å². The highest BCUT2D eigenvalue weighted by Crippen LogP contribution is 2.43. The van der Waals surface area contributed by atoms with Gasteiger partial charge in [0.25, 0.3) is 0 Å². The first-order chi connectivity index (χ1) is 16.4. The molecular formula is C28H33N5O. The fraction of sp³-hybridized carbons (Fsp3) is 0.357. The number of benzene rings is 2. The molecule has 6 heteroatoms. The van der Waals surface area contributed by atoms with Gasteiger partial charge < -0.3 is 15.0 Å². The molecule has 2 aliphatic rings. The molecule has 1 saturated carbocycles. The van der Waals surface area contributed by atoms with Crippen LogP contribution >= 0.6 is 0 Å². The third-order valence-corrected chi connectivity index (χ3v) is 7.51. The molecule has 2 aliphatic carbocycles. The van der Waals surface area contributed by atoms with E-state index in [4.69, 9.17) is 0 Å². The average Bonchev–Trinajstić information content (AvgIpc) is 3.23. The molecule has 0 atom stereocenters. The zero-order valence-corrected chi connectivity index (χ0v) is 20.4. The molecule has 176 valence electrons. The second-order valence-electron chi connectivity index (χ2n) is 9.94. The molecule has 0 radical (unpaired) electrons. The van der Waals surface area contributed by atoms with Crippen molar-refractivity contribution in [3.8, 4) is 0 Å². The van der Waals surface area contributed by atoms with Gasteiger partial charge in [0.05, 0.1) is 0 Å². The molecule has 0 saturated heterocycles. The lowest BCUT2D eigenvalue weighted by Gasteiger charge is -2.35. The summed E-state index contributed by atoms with van der Waals surface area (Å²) in [5.41, 5.74) is 8.14. The SMILES string of the molecule is CN(C)c1ccc(C2(c3ccc(N(C)C)cc3)C=Cc3c(C(=NO)C4CCC4)n[nH]c3C2)cc1. The largest absolute Gasteiger partial charge is 0.411 e. The van der Waals surface area contributed by atoms with E-state index in [9.17, 15) is 5.21 Å². The van der Waals surface area contributed by atoms with Crippen LogP contribution in [0.4, 0.5) is 11.4 Å². The first kappa shape index (κ1) is 22.3. The topological polar surface area (TPSA) is 67.8 Å². The monoisotopic (exact) mass is 455 g/mol. The molecule has 1 fully saturated rings. The van der Waals surface area contributed by atoms with E-state index >= 15 is 0 Å². The number of nitrogens with one attached hydrogen (secondary N) is 1. The number of hydrogen-bond acceptors (Lipinski definition) is 5. The summed E-state index contributed by atoms with van der Waals surface area (Å²) in [6, 6.07) is 17.7. The zero-order chi connectivity index (χ0) is 23.9. The van der Waals surface area contributed by atoms with E-state index in [2.05, 4.69) is 114 Å². The van der Waals surface area contributed by atoms with Gasteiger partial charge in [-0.15, -0.1) is 0 Å². The van der Waals surface area contributed by atoms with Crippen molar-refractivity contribution >= 4 is 23.2 Å². The number of anilines is 2. The number of fused-ring (bicyclic) bond motifs is 1. The Morgan fingerprint density at radius 2 is 1.50 bits per heavy atom. The summed E-state index contributed by atoms with van der Waals surface area (Å²) in [5.74, 6) is 0.301. The van der Waals surface area contributed by atoms with Crippen molar-refractivity contribution < 1.29 is 5.21 Å². The Balaban J connectivity index is 1.59. The van der Waals surface area contributed by atoms with Crippen LogP contribution in [0, 0.1) is 5.92 Å². The Hall–Kier alpha value is -3.54. The van der Waals surface area contributed by atoms with Gasteiger partial charge in [0.15, 0.2) is 0 Å². The molecule has 2 aromatic carbocycles. The lowest BCUT2D eigenvalue weighted by molar-refractivity contribution is 0.305. The van der Waals surface area contributed by atoms with E-state index in [1.54, 1.807) is 0 Å². The van der Waals surface area contributed by atoms with Gasteiger partial charge in [-0.3, -0.25) is 5.10 Å².